The van der Waals surface area contributed by atoms with E-state index in [2.05, 4.69) is 58.9 Å². The first-order valence-corrected chi connectivity index (χ1v) is 8.60. The zero-order chi connectivity index (χ0) is 13.0. The van der Waals surface area contributed by atoms with Crippen molar-refractivity contribution in [3.63, 3.8) is 0 Å². The highest BCUT2D eigenvalue weighted by Crippen LogP contribution is 2.41. The molecule has 100 valence electrons. The smallest absolute Gasteiger partial charge is 0.0451 e. The molecule has 0 bridgehead atoms. The van der Waals surface area contributed by atoms with Gasteiger partial charge in [-0.05, 0) is 37.0 Å². The lowest BCUT2D eigenvalue weighted by Gasteiger charge is -2.26. The molecule has 1 saturated carbocycles. The van der Waals surface area contributed by atoms with Crippen LogP contribution in [-0.4, -0.2) is 11.3 Å². The molecule has 2 unspecified atom stereocenters. The van der Waals surface area contributed by atoms with E-state index in [0.29, 0.717) is 5.25 Å². The van der Waals surface area contributed by atoms with Crippen molar-refractivity contribution in [2.75, 3.05) is 0 Å². The molecule has 0 spiro atoms. The maximum absolute atomic E-state index is 6.33. The van der Waals surface area contributed by atoms with Gasteiger partial charge in [0.05, 0.1) is 0 Å². The average Bonchev–Trinajstić information content (AvgIpc) is 2.89. The fraction of sp³-hybridized carbons (Fsp3) is 0.600. The van der Waals surface area contributed by atoms with Crippen molar-refractivity contribution >= 4 is 27.7 Å². The van der Waals surface area contributed by atoms with Crippen molar-refractivity contribution in [2.24, 2.45) is 5.73 Å². The molecule has 0 aromatic heterocycles. The van der Waals surface area contributed by atoms with E-state index in [1.165, 1.54) is 31.2 Å². The van der Waals surface area contributed by atoms with Crippen LogP contribution in [0.25, 0.3) is 0 Å². The highest BCUT2D eigenvalue weighted by Gasteiger charge is 2.25. The van der Waals surface area contributed by atoms with Crippen molar-refractivity contribution in [3.8, 4) is 0 Å². The largest absolute Gasteiger partial charge is 0.326 e. The SMILES string of the molecule is CCC(N)C(SC1CCCC1)c1ccc(Br)cc1. The third kappa shape index (κ3) is 3.75. The second kappa shape index (κ2) is 6.97. The predicted molar refractivity (Wildman–Crippen MR) is 85.0 cm³/mol. The molecule has 0 heterocycles. The first-order valence-electron chi connectivity index (χ1n) is 6.87. The quantitative estimate of drug-likeness (QED) is 0.832. The van der Waals surface area contributed by atoms with Crippen LogP contribution >= 0.6 is 27.7 Å². The Morgan fingerprint density at radius 2 is 1.89 bits per heavy atom. The summed E-state index contributed by atoms with van der Waals surface area (Å²) in [6.07, 6.45) is 6.57. The maximum Gasteiger partial charge on any atom is 0.0451 e. The third-order valence-corrected chi connectivity index (χ3v) is 6.00. The molecule has 1 nitrogen and oxygen atoms in total. The summed E-state index contributed by atoms with van der Waals surface area (Å²) in [6, 6.07) is 8.94. The summed E-state index contributed by atoms with van der Waals surface area (Å²) in [5.74, 6) is 0. The van der Waals surface area contributed by atoms with E-state index in [-0.39, 0.29) is 6.04 Å². The lowest BCUT2D eigenvalue weighted by atomic mass is 10.0. The normalized spacial score (nSPS) is 19.9. The Bertz CT molecular complexity index is 359. The Kier molecular flexibility index (Phi) is 5.58. The topological polar surface area (TPSA) is 26.0 Å². The minimum absolute atomic E-state index is 0.261. The molecule has 1 fully saturated rings. The van der Waals surface area contributed by atoms with Gasteiger partial charge in [0.1, 0.15) is 0 Å². The highest BCUT2D eigenvalue weighted by atomic mass is 79.9. The predicted octanol–water partition coefficient (Wildman–Crippen LogP) is 4.90. The van der Waals surface area contributed by atoms with Crippen molar-refractivity contribution in [1.82, 2.24) is 0 Å². The first kappa shape index (κ1) is 14.4. The zero-order valence-corrected chi connectivity index (χ0v) is 13.3. The van der Waals surface area contributed by atoms with Crippen molar-refractivity contribution in [2.45, 2.75) is 55.6 Å². The molecule has 18 heavy (non-hydrogen) atoms. The summed E-state index contributed by atoms with van der Waals surface area (Å²) in [5.41, 5.74) is 7.71. The Morgan fingerprint density at radius 1 is 1.28 bits per heavy atom. The summed E-state index contributed by atoms with van der Waals surface area (Å²) in [5, 5.41) is 1.27. The van der Waals surface area contributed by atoms with E-state index in [9.17, 15) is 0 Å². The van der Waals surface area contributed by atoms with Crippen LogP contribution in [-0.2, 0) is 0 Å². The molecule has 1 aromatic carbocycles. The van der Waals surface area contributed by atoms with Crippen molar-refractivity contribution in [1.29, 1.82) is 0 Å². The Hall–Kier alpha value is 0.01000. The molecule has 0 aliphatic heterocycles. The van der Waals surface area contributed by atoms with E-state index in [1.807, 2.05) is 0 Å². The molecule has 2 rings (SSSR count). The molecule has 0 amide bonds. The first-order chi connectivity index (χ1) is 8.70. The molecule has 1 aliphatic carbocycles. The van der Waals surface area contributed by atoms with Gasteiger partial charge in [-0.25, -0.2) is 0 Å². The fourth-order valence-electron chi connectivity index (χ4n) is 2.52. The second-order valence-electron chi connectivity index (χ2n) is 5.09. The Labute approximate surface area is 123 Å². The van der Waals surface area contributed by atoms with Gasteiger partial charge in [-0.3, -0.25) is 0 Å². The molecule has 0 saturated heterocycles. The number of rotatable bonds is 5. The number of hydrogen-bond donors (Lipinski definition) is 1. The molecule has 1 aliphatic rings. The molecule has 0 radical (unpaired) electrons. The molecule has 1 aromatic rings. The molecular formula is C15H22BrNS. The van der Waals surface area contributed by atoms with E-state index in [1.54, 1.807) is 0 Å². The van der Waals surface area contributed by atoms with E-state index in [0.717, 1.165) is 16.1 Å². The van der Waals surface area contributed by atoms with Gasteiger partial charge in [-0.2, -0.15) is 0 Å². The standard InChI is InChI=1S/C15H22BrNS/c1-2-14(17)15(18-13-5-3-4-6-13)11-7-9-12(16)10-8-11/h7-10,13-15H,2-6,17H2,1H3. The van der Waals surface area contributed by atoms with Gasteiger partial charge in [0.15, 0.2) is 0 Å². The molecule has 2 N–H and O–H groups in total. The second-order valence-corrected chi connectivity index (χ2v) is 7.45. The minimum Gasteiger partial charge on any atom is -0.326 e. The van der Waals surface area contributed by atoms with E-state index in [4.69, 9.17) is 5.73 Å². The summed E-state index contributed by atoms with van der Waals surface area (Å²) in [4.78, 5) is 0. The minimum atomic E-state index is 0.261. The van der Waals surface area contributed by atoms with Gasteiger partial charge >= 0.3 is 0 Å². The van der Waals surface area contributed by atoms with Crippen LogP contribution in [0.15, 0.2) is 28.7 Å². The Balaban J connectivity index is 2.10. The average molecular weight is 328 g/mol. The molecule has 2 atom stereocenters. The van der Waals surface area contributed by atoms with Crippen LogP contribution in [0.4, 0.5) is 0 Å². The van der Waals surface area contributed by atoms with Gasteiger partial charge in [0.2, 0.25) is 0 Å². The van der Waals surface area contributed by atoms with Gasteiger partial charge in [-0.1, -0.05) is 47.8 Å². The van der Waals surface area contributed by atoms with Gasteiger partial charge in [-0.15, -0.1) is 11.8 Å². The van der Waals surface area contributed by atoms with Crippen LogP contribution in [0.2, 0.25) is 0 Å². The number of nitrogens with two attached hydrogens (primary N) is 1. The summed E-state index contributed by atoms with van der Waals surface area (Å²) < 4.78 is 1.14. The molecular weight excluding hydrogens is 306 g/mol. The van der Waals surface area contributed by atoms with Crippen LogP contribution < -0.4 is 5.73 Å². The number of benzene rings is 1. The maximum atomic E-state index is 6.33. The van der Waals surface area contributed by atoms with Crippen LogP contribution in [0, 0.1) is 0 Å². The van der Waals surface area contributed by atoms with Crippen molar-refractivity contribution in [3.05, 3.63) is 34.3 Å². The monoisotopic (exact) mass is 327 g/mol. The lowest BCUT2D eigenvalue weighted by Crippen LogP contribution is -2.26. The summed E-state index contributed by atoms with van der Waals surface area (Å²) >= 11 is 5.60. The van der Waals surface area contributed by atoms with E-state index < -0.39 is 0 Å². The van der Waals surface area contributed by atoms with Crippen LogP contribution in [0.1, 0.15) is 49.8 Å². The van der Waals surface area contributed by atoms with Crippen LogP contribution in [0.5, 0.6) is 0 Å². The van der Waals surface area contributed by atoms with Crippen molar-refractivity contribution < 1.29 is 0 Å². The fourth-order valence-corrected chi connectivity index (χ4v) is 4.52. The van der Waals surface area contributed by atoms with Gasteiger partial charge < -0.3 is 5.73 Å². The van der Waals surface area contributed by atoms with Crippen LogP contribution in [0.3, 0.4) is 0 Å². The van der Waals surface area contributed by atoms with Gasteiger partial charge in [0, 0.05) is 21.0 Å². The number of thioether (sulfide) groups is 1. The Morgan fingerprint density at radius 3 is 2.44 bits per heavy atom. The summed E-state index contributed by atoms with van der Waals surface area (Å²) in [6.45, 7) is 2.19. The third-order valence-electron chi connectivity index (χ3n) is 3.70. The summed E-state index contributed by atoms with van der Waals surface area (Å²) in [7, 11) is 0. The number of hydrogen-bond acceptors (Lipinski definition) is 2. The number of halogens is 1. The zero-order valence-electron chi connectivity index (χ0n) is 10.9. The molecule has 3 heteroatoms. The lowest BCUT2D eigenvalue weighted by molar-refractivity contribution is 0.631. The van der Waals surface area contributed by atoms with Gasteiger partial charge in [0.25, 0.3) is 0 Å². The van der Waals surface area contributed by atoms with E-state index >= 15 is 0 Å². The highest BCUT2D eigenvalue weighted by molar-refractivity contribution is 9.10.